The Balaban J connectivity index is 2.01. The van der Waals surface area contributed by atoms with Crippen LogP contribution in [0.1, 0.15) is 12.5 Å². The maximum atomic E-state index is 12.3. The van der Waals surface area contributed by atoms with E-state index in [9.17, 15) is 13.2 Å². The van der Waals surface area contributed by atoms with Gasteiger partial charge in [0.25, 0.3) is 5.91 Å². The first kappa shape index (κ1) is 20.4. The first-order chi connectivity index (χ1) is 12.2. The number of ether oxygens (including phenoxy) is 1. The van der Waals surface area contributed by atoms with E-state index in [1.165, 1.54) is 0 Å². The molecule has 0 heterocycles. The van der Waals surface area contributed by atoms with E-state index in [1.807, 2.05) is 0 Å². The quantitative estimate of drug-likeness (QED) is 0.723. The van der Waals surface area contributed by atoms with Gasteiger partial charge in [0.2, 0.25) is 10.0 Å². The number of anilines is 1. The molecule has 1 atom stereocenters. The summed E-state index contributed by atoms with van der Waals surface area (Å²) in [4.78, 5) is 12.3. The summed E-state index contributed by atoms with van der Waals surface area (Å²) in [6.07, 6.45) is 0.244. The number of sulfonamides is 1. The van der Waals surface area contributed by atoms with E-state index >= 15 is 0 Å². The lowest BCUT2D eigenvalue weighted by molar-refractivity contribution is -0.127. The van der Waals surface area contributed by atoms with Gasteiger partial charge < -0.3 is 10.1 Å². The van der Waals surface area contributed by atoms with Crippen molar-refractivity contribution in [3.8, 4) is 5.75 Å². The fourth-order valence-corrected chi connectivity index (χ4v) is 3.05. The molecular formula is C17H18Cl2N2O4S. The maximum Gasteiger partial charge on any atom is 0.261 e. The molecule has 0 saturated carbocycles. The molecule has 6 nitrogen and oxygen atoms in total. The molecule has 1 unspecified atom stereocenters. The monoisotopic (exact) mass is 416 g/mol. The summed E-state index contributed by atoms with van der Waals surface area (Å²) in [6, 6.07) is 11.7. The van der Waals surface area contributed by atoms with Crippen LogP contribution in [0.3, 0.4) is 0 Å². The molecule has 140 valence electrons. The molecule has 0 aliphatic heterocycles. The van der Waals surface area contributed by atoms with Gasteiger partial charge in [0, 0.05) is 6.54 Å². The van der Waals surface area contributed by atoms with Gasteiger partial charge in [-0.3, -0.25) is 9.52 Å². The number of amides is 1. The predicted molar refractivity (Wildman–Crippen MR) is 103 cm³/mol. The van der Waals surface area contributed by atoms with Gasteiger partial charge in [0.1, 0.15) is 10.8 Å². The van der Waals surface area contributed by atoms with Crippen LogP contribution in [0.4, 0.5) is 5.69 Å². The number of hydrogen-bond donors (Lipinski definition) is 2. The van der Waals surface area contributed by atoms with E-state index in [4.69, 9.17) is 27.9 Å². The summed E-state index contributed by atoms with van der Waals surface area (Å²) in [7, 11) is -3.42. The zero-order valence-electron chi connectivity index (χ0n) is 14.1. The predicted octanol–water partition coefficient (Wildman–Crippen LogP) is 3.45. The smallest absolute Gasteiger partial charge is 0.261 e. The molecule has 0 bridgehead atoms. The van der Waals surface area contributed by atoms with Crippen molar-refractivity contribution in [3.63, 3.8) is 0 Å². The van der Waals surface area contributed by atoms with Gasteiger partial charge in [-0.15, -0.1) is 0 Å². The first-order valence-corrected chi connectivity index (χ1v) is 10.3. The van der Waals surface area contributed by atoms with Crippen molar-refractivity contribution in [1.82, 2.24) is 5.32 Å². The molecule has 2 N–H and O–H groups in total. The number of benzene rings is 2. The molecule has 0 fully saturated rings. The Morgan fingerprint density at radius 3 is 2.54 bits per heavy atom. The topological polar surface area (TPSA) is 84.5 Å². The SMILES string of the molecule is CC(Oc1cccc(Cl)c1Cl)C(=O)NCc1ccccc1NS(C)(=O)=O. The molecular weight excluding hydrogens is 399 g/mol. The molecule has 0 radical (unpaired) electrons. The van der Waals surface area contributed by atoms with Crippen LogP contribution in [0.15, 0.2) is 42.5 Å². The van der Waals surface area contributed by atoms with Crippen LogP contribution < -0.4 is 14.8 Å². The average Bonchev–Trinajstić information content (AvgIpc) is 2.56. The van der Waals surface area contributed by atoms with E-state index in [1.54, 1.807) is 49.4 Å². The largest absolute Gasteiger partial charge is 0.479 e. The molecule has 2 aromatic carbocycles. The minimum Gasteiger partial charge on any atom is -0.479 e. The van der Waals surface area contributed by atoms with Gasteiger partial charge in [-0.1, -0.05) is 47.5 Å². The van der Waals surface area contributed by atoms with E-state index in [2.05, 4.69) is 10.0 Å². The van der Waals surface area contributed by atoms with Crippen molar-refractivity contribution in [2.45, 2.75) is 19.6 Å². The van der Waals surface area contributed by atoms with E-state index in [-0.39, 0.29) is 17.5 Å². The van der Waals surface area contributed by atoms with Gasteiger partial charge >= 0.3 is 0 Å². The lowest BCUT2D eigenvalue weighted by Crippen LogP contribution is -2.36. The molecule has 0 aliphatic carbocycles. The Kier molecular flexibility index (Phi) is 6.75. The zero-order valence-corrected chi connectivity index (χ0v) is 16.5. The number of halogens is 2. The Hall–Kier alpha value is -1.96. The fraction of sp³-hybridized carbons (Fsp3) is 0.235. The zero-order chi connectivity index (χ0) is 19.3. The van der Waals surface area contributed by atoms with Gasteiger partial charge in [0.15, 0.2) is 6.10 Å². The average molecular weight is 417 g/mol. The third kappa shape index (κ3) is 5.79. The van der Waals surface area contributed by atoms with Crippen molar-refractivity contribution in [1.29, 1.82) is 0 Å². The Bertz CT molecular complexity index is 903. The molecule has 2 aromatic rings. The number of carbonyl (C=O) groups is 1. The lowest BCUT2D eigenvalue weighted by Gasteiger charge is -2.17. The number of nitrogens with one attached hydrogen (secondary N) is 2. The van der Waals surface area contributed by atoms with Crippen molar-refractivity contribution >= 4 is 44.8 Å². The summed E-state index contributed by atoms with van der Waals surface area (Å²) in [6.45, 7) is 1.71. The summed E-state index contributed by atoms with van der Waals surface area (Å²) in [5.74, 6) is -0.0730. The molecule has 0 aliphatic rings. The molecule has 0 saturated heterocycles. The minimum atomic E-state index is -3.42. The highest BCUT2D eigenvalue weighted by molar-refractivity contribution is 7.92. The third-order valence-corrected chi connectivity index (χ3v) is 4.75. The van der Waals surface area contributed by atoms with Crippen molar-refractivity contribution < 1.29 is 17.9 Å². The van der Waals surface area contributed by atoms with Crippen LogP contribution >= 0.6 is 23.2 Å². The van der Waals surface area contributed by atoms with Gasteiger partial charge in [0.05, 0.1) is 17.0 Å². The highest BCUT2D eigenvalue weighted by Crippen LogP contribution is 2.32. The third-order valence-electron chi connectivity index (χ3n) is 3.35. The summed E-state index contributed by atoms with van der Waals surface area (Å²) >= 11 is 12.0. The molecule has 9 heteroatoms. The normalized spacial score (nSPS) is 12.3. The summed E-state index contributed by atoms with van der Waals surface area (Å²) < 4.78 is 30.8. The van der Waals surface area contributed by atoms with Crippen molar-refractivity contribution in [2.24, 2.45) is 0 Å². The number of rotatable bonds is 7. The molecule has 2 rings (SSSR count). The van der Waals surface area contributed by atoms with Gasteiger partial charge in [-0.2, -0.15) is 0 Å². The minimum absolute atomic E-state index is 0.133. The lowest BCUT2D eigenvalue weighted by atomic mass is 10.2. The van der Waals surface area contributed by atoms with Gasteiger partial charge in [-0.05, 0) is 30.7 Å². The Morgan fingerprint density at radius 1 is 1.15 bits per heavy atom. The molecule has 26 heavy (non-hydrogen) atoms. The number of hydrogen-bond acceptors (Lipinski definition) is 4. The first-order valence-electron chi connectivity index (χ1n) is 7.61. The molecule has 0 spiro atoms. The molecule has 1 amide bonds. The second-order valence-corrected chi connectivity index (χ2v) is 8.09. The fourth-order valence-electron chi connectivity index (χ4n) is 2.12. The Morgan fingerprint density at radius 2 is 1.85 bits per heavy atom. The van der Waals surface area contributed by atoms with E-state index in [0.717, 1.165) is 6.26 Å². The van der Waals surface area contributed by atoms with Crippen LogP contribution in [-0.2, 0) is 21.4 Å². The highest BCUT2D eigenvalue weighted by Gasteiger charge is 2.17. The van der Waals surface area contributed by atoms with Crippen LogP contribution in [0.25, 0.3) is 0 Å². The standard InChI is InChI=1S/C17H18Cl2N2O4S/c1-11(25-15-9-5-7-13(18)16(15)19)17(22)20-10-12-6-3-4-8-14(12)21-26(2,23)24/h3-9,11,21H,10H2,1-2H3,(H,20,22). The summed E-state index contributed by atoms with van der Waals surface area (Å²) in [5.41, 5.74) is 1.03. The van der Waals surface area contributed by atoms with Crippen LogP contribution in [0, 0.1) is 0 Å². The Labute approximate surface area is 162 Å². The number of carbonyl (C=O) groups excluding carboxylic acids is 1. The van der Waals surface area contributed by atoms with Crippen molar-refractivity contribution in [3.05, 3.63) is 58.1 Å². The maximum absolute atomic E-state index is 12.3. The van der Waals surface area contributed by atoms with Crippen molar-refractivity contribution in [2.75, 3.05) is 11.0 Å². The van der Waals surface area contributed by atoms with Gasteiger partial charge in [-0.25, -0.2) is 8.42 Å². The summed E-state index contributed by atoms with van der Waals surface area (Å²) in [5, 5.41) is 3.27. The van der Waals surface area contributed by atoms with Crippen LogP contribution in [0.2, 0.25) is 10.0 Å². The number of para-hydroxylation sites is 1. The van der Waals surface area contributed by atoms with E-state index in [0.29, 0.717) is 22.0 Å². The van der Waals surface area contributed by atoms with E-state index < -0.39 is 16.1 Å². The highest BCUT2D eigenvalue weighted by atomic mass is 35.5. The molecule has 0 aromatic heterocycles. The second kappa shape index (κ2) is 8.62. The van der Waals surface area contributed by atoms with Crippen LogP contribution in [0.5, 0.6) is 5.75 Å². The second-order valence-electron chi connectivity index (χ2n) is 5.56. The van der Waals surface area contributed by atoms with Crippen LogP contribution in [-0.4, -0.2) is 26.7 Å².